The average molecular weight is 321 g/mol. The molecule has 2 unspecified atom stereocenters. The second kappa shape index (κ2) is 5.93. The van der Waals surface area contributed by atoms with Crippen molar-refractivity contribution < 1.29 is 23.1 Å². The zero-order valence-electron chi connectivity index (χ0n) is 11.3. The van der Waals surface area contributed by atoms with E-state index in [1.54, 1.807) is 0 Å². The molecule has 0 spiro atoms. The van der Waals surface area contributed by atoms with Crippen molar-refractivity contribution in [3.63, 3.8) is 0 Å². The highest BCUT2D eigenvalue weighted by atomic mass is 32.2. The van der Waals surface area contributed by atoms with E-state index in [1.165, 1.54) is 23.6 Å². The van der Waals surface area contributed by atoms with Crippen LogP contribution in [0.5, 0.6) is 0 Å². The predicted octanol–water partition coefficient (Wildman–Crippen LogP) is 0.371. The van der Waals surface area contributed by atoms with E-state index in [0.717, 1.165) is 12.8 Å². The monoisotopic (exact) mass is 321 g/mol. The highest BCUT2D eigenvalue weighted by Gasteiger charge is 2.38. The molecule has 0 aromatic rings. The van der Waals surface area contributed by atoms with E-state index >= 15 is 0 Å². The summed E-state index contributed by atoms with van der Waals surface area (Å²) >= 11 is 1.33. The summed E-state index contributed by atoms with van der Waals surface area (Å²) < 4.78 is 22.7. The number of carboxylic acid groups (broad SMARTS) is 1. The lowest BCUT2D eigenvalue weighted by Gasteiger charge is -2.26. The van der Waals surface area contributed by atoms with Gasteiger partial charge in [-0.3, -0.25) is 4.79 Å². The Morgan fingerprint density at radius 2 is 2.00 bits per heavy atom. The molecule has 0 aromatic heterocycles. The van der Waals surface area contributed by atoms with Gasteiger partial charge in [-0.1, -0.05) is 0 Å². The molecule has 2 aliphatic rings. The molecular formula is C12H19NO5S2. The lowest BCUT2D eigenvalue weighted by atomic mass is 10.2. The number of carbonyl (C=O) groups excluding carboxylic acids is 1. The molecule has 0 aromatic carbocycles. The number of carboxylic acids is 1. The van der Waals surface area contributed by atoms with Crippen LogP contribution in [0, 0.1) is 0 Å². The minimum atomic E-state index is -2.94. The number of sulfone groups is 1. The van der Waals surface area contributed by atoms with Gasteiger partial charge in [0, 0.05) is 11.3 Å². The van der Waals surface area contributed by atoms with Gasteiger partial charge in [0.1, 0.15) is 6.04 Å². The van der Waals surface area contributed by atoms with E-state index in [4.69, 9.17) is 5.11 Å². The van der Waals surface area contributed by atoms with Crippen molar-refractivity contribution in [2.24, 2.45) is 0 Å². The smallest absolute Gasteiger partial charge is 0.326 e. The Morgan fingerprint density at radius 1 is 1.35 bits per heavy atom. The van der Waals surface area contributed by atoms with Crippen molar-refractivity contribution in [1.29, 1.82) is 0 Å². The van der Waals surface area contributed by atoms with Gasteiger partial charge >= 0.3 is 5.97 Å². The molecule has 114 valence electrons. The first-order chi connectivity index (χ1) is 9.30. The highest BCUT2D eigenvalue weighted by Crippen LogP contribution is 2.31. The molecular weight excluding hydrogens is 302 g/mol. The van der Waals surface area contributed by atoms with Crippen molar-refractivity contribution >= 4 is 33.5 Å². The third-order valence-electron chi connectivity index (χ3n) is 3.64. The molecule has 1 heterocycles. The van der Waals surface area contributed by atoms with Gasteiger partial charge < -0.3 is 10.0 Å². The molecule has 2 atom stereocenters. The van der Waals surface area contributed by atoms with Crippen LogP contribution in [0.2, 0.25) is 0 Å². The van der Waals surface area contributed by atoms with E-state index in [2.05, 4.69) is 0 Å². The Labute approximate surface area is 122 Å². The van der Waals surface area contributed by atoms with Gasteiger partial charge in [0.2, 0.25) is 5.91 Å². The molecule has 2 fully saturated rings. The summed E-state index contributed by atoms with van der Waals surface area (Å²) in [5.41, 5.74) is 0. The zero-order valence-corrected chi connectivity index (χ0v) is 13.0. The first-order valence-electron chi connectivity index (χ1n) is 6.66. The molecule has 8 heteroatoms. The van der Waals surface area contributed by atoms with Gasteiger partial charge in [-0.15, -0.1) is 11.8 Å². The van der Waals surface area contributed by atoms with Crippen molar-refractivity contribution in [2.45, 2.75) is 43.5 Å². The Bertz CT molecular complexity index is 500. The van der Waals surface area contributed by atoms with Crippen LogP contribution in [0.25, 0.3) is 0 Å². The fourth-order valence-corrected chi connectivity index (χ4v) is 5.87. The predicted molar refractivity (Wildman–Crippen MR) is 76.5 cm³/mol. The lowest BCUT2D eigenvalue weighted by molar-refractivity contribution is -0.148. The summed E-state index contributed by atoms with van der Waals surface area (Å²) in [6.45, 7) is 1.52. The molecule has 20 heavy (non-hydrogen) atoms. The number of rotatable bonds is 6. The number of hydrogen-bond acceptors (Lipinski definition) is 5. The van der Waals surface area contributed by atoms with Crippen LogP contribution >= 0.6 is 11.8 Å². The maximum Gasteiger partial charge on any atom is 0.326 e. The van der Waals surface area contributed by atoms with E-state index in [1.807, 2.05) is 0 Å². The van der Waals surface area contributed by atoms with Crippen LogP contribution < -0.4 is 0 Å². The fraction of sp³-hybridized carbons (Fsp3) is 0.833. The molecule has 1 saturated carbocycles. The Balaban J connectivity index is 1.88. The maximum absolute atomic E-state index is 12.2. The van der Waals surface area contributed by atoms with Gasteiger partial charge in [-0.05, 0) is 26.2 Å². The fourth-order valence-electron chi connectivity index (χ4n) is 2.36. The second-order valence-corrected chi connectivity index (χ2v) is 8.90. The maximum atomic E-state index is 12.2. The van der Waals surface area contributed by atoms with Crippen molar-refractivity contribution in [3.8, 4) is 0 Å². The summed E-state index contributed by atoms with van der Waals surface area (Å²) in [7, 11) is -2.94. The summed E-state index contributed by atoms with van der Waals surface area (Å²) in [6, 6.07) is -0.774. The van der Waals surface area contributed by atoms with Gasteiger partial charge in [0.05, 0.1) is 17.3 Å². The summed E-state index contributed by atoms with van der Waals surface area (Å²) in [5, 5.41) is 9.01. The quantitative estimate of drug-likeness (QED) is 0.760. The van der Waals surface area contributed by atoms with Crippen LogP contribution in [-0.2, 0) is 19.4 Å². The Hall–Kier alpha value is -0.760. The summed E-state index contributed by atoms with van der Waals surface area (Å²) in [4.78, 5) is 24.7. The number of aliphatic carboxylic acids is 1. The van der Waals surface area contributed by atoms with Crippen molar-refractivity contribution in [3.05, 3.63) is 0 Å². The van der Waals surface area contributed by atoms with Crippen LogP contribution in [0.4, 0.5) is 0 Å². The molecule has 1 N–H and O–H groups in total. The third kappa shape index (κ3) is 3.88. The second-order valence-electron chi connectivity index (χ2n) is 5.38. The van der Waals surface area contributed by atoms with E-state index in [9.17, 15) is 18.0 Å². The molecule has 2 rings (SSSR count). The molecule has 1 saturated heterocycles. The van der Waals surface area contributed by atoms with Crippen LogP contribution in [0.15, 0.2) is 0 Å². The minimum Gasteiger partial charge on any atom is -0.480 e. The van der Waals surface area contributed by atoms with E-state index < -0.39 is 21.8 Å². The number of amides is 1. The molecule has 0 radical (unpaired) electrons. The van der Waals surface area contributed by atoms with E-state index in [0.29, 0.717) is 6.42 Å². The van der Waals surface area contributed by atoms with Gasteiger partial charge in [0.15, 0.2) is 9.84 Å². The lowest BCUT2D eigenvalue weighted by Crippen LogP contribution is -2.45. The third-order valence-corrected chi connectivity index (χ3v) is 6.90. The van der Waals surface area contributed by atoms with Gasteiger partial charge in [-0.2, -0.15) is 0 Å². The molecule has 1 aliphatic heterocycles. The van der Waals surface area contributed by atoms with Gasteiger partial charge in [0.25, 0.3) is 0 Å². The van der Waals surface area contributed by atoms with E-state index in [-0.39, 0.29) is 34.5 Å². The number of carbonyl (C=O) groups is 2. The minimum absolute atomic E-state index is 0.0369. The number of thioether (sulfide) groups is 1. The first kappa shape index (κ1) is 15.6. The SMILES string of the molecule is CC(C(=O)O)N(C(=O)CSC1CCS(=O)(=O)C1)C1CC1. The van der Waals surface area contributed by atoms with Gasteiger partial charge in [-0.25, -0.2) is 13.2 Å². The molecule has 6 nitrogen and oxygen atoms in total. The van der Waals surface area contributed by atoms with Crippen molar-refractivity contribution in [2.75, 3.05) is 17.3 Å². The zero-order chi connectivity index (χ0) is 14.9. The Kier molecular flexibility index (Phi) is 4.63. The highest BCUT2D eigenvalue weighted by molar-refractivity contribution is 8.02. The topological polar surface area (TPSA) is 91.8 Å². The average Bonchev–Trinajstić information content (AvgIpc) is 3.11. The molecule has 1 aliphatic carbocycles. The summed E-state index contributed by atoms with van der Waals surface area (Å²) in [5.74, 6) is -0.719. The van der Waals surface area contributed by atoms with Crippen LogP contribution in [0.3, 0.4) is 0 Å². The Morgan fingerprint density at radius 3 is 2.45 bits per heavy atom. The standard InChI is InChI=1S/C12H19NO5S2/c1-8(12(15)16)13(9-2-3-9)11(14)6-19-10-4-5-20(17,18)7-10/h8-10H,2-7H2,1H3,(H,15,16). The number of hydrogen-bond donors (Lipinski definition) is 1. The first-order valence-corrected chi connectivity index (χ1v) is 9.53. The largest absolute Gasteiger partial charge is 0.480 e. The molecule has 1 amide bonds. The molecule has 0 bridgehead atoms. The number of nitrogens with zero attached hydrogens (tertiary/aromatic N) is 1. The normalized spacial score (nSPS) is 26.1. The van der Waals surface area contributed by atoms with Crippen LogP contribution in [-0.4, -0.2) is 64.9 Å². The van der Waals surface area contributed by atoms with Crippen LogP contribution in [0.1, 0.15) is 26.2 Å². The summed E-state index contributed by atoms with van der Waals surface area (Å²) in [6.07, 6.45) is 2.29. The van der Waals surface area contributed by atoms with Crippen molar-refractivity contribution in [1.82, 2.24) is 4.90 Å².